The molecule has 122 valence electrons. The average Bonchev–Trinajstić information content (AvgIpc) is 3.01. The molecule has 3 heterocycles. The Morgan fingerprint density at radius 3 is 2.78 bits per heavy atom. The molecule has 5 nitrogen and oxygen atoms in total. The summed E-state index contributed by atoms with van der Waals surface area (Å²) in [6.45, 7) is 2.23. The molecule has 0 unspecified atom stereocenters. The number of nitrogens with zero attached hydrogens (tertiary/aromatic N) is 4. The van der Waals surface area contributed by atoms with Crippen molar-refractivity contribution < 1.29 is 17.9 Å². The third-order valence-corrected chi connectivity index (χ3v) is 4.46. The maximum absolute atomic E-state index is 13.3. The number of ether oxygens (including phenoxy) is 1. The Morgan fingerprint density at radius 2 is 2.00 bits per heavy atom. The second kappa shape index (κ2) is 5.61. The smallest absolute Gasteiger partial charge is 0.194 e. The molecule has 0 radical (unpaired) electrons. The lowest BCUT2D eigenvalue weighted by Crippen LogP contribution is -2.47. The summed E-state index contributed by atoms with van der Waals surface area (Å²) in [5.74, 6) is -3.75. The van der Waals surface area contributed by atoms with Crippen molar-refractivity contribution in [3.63, 3.8) is 0 Å². The predicted molar refractivity (Wildman–Crippen MR) is 73.8 cm³/mol. The fourth-order valence-electron chi connectivity index (χ4n) is 3.35. The van der Waals surface area contributed by atoms with Gasteiger partial charge in [-0.15, -0.1) is 5.10 Å². The summed E-state index contributed by atoms with van der Waals surface area (Å²) in [6, 6.07) is 2.12. The first-order valence-corrected chi connectivity index (χ1v) is 7.48. The minimum atomic E-state index is -1.43. The summed E-state index contributed by atoms with van der Waals surface area (Å²) < 4.78 is 47.4. The van der Waals surface area contributed by atoms with Crippen molar-refractivity contribution in [2.45, 2.75) is 31.7 Å². The van der Waals surface area contributed by atoms with Crippen molar-refractivity contribution in [3.8, 4) is 0 Å². The molecule has 8 heteroatoms. The number of likely N-dealkylation sites (tertiary alicyclic amines) is 1. The molecular formula is C15H15F3N4O. The van der Waals surface area contributed by atoms with Crippen LogP contribution in [0.1, 0.15) is 23.7 Å². The summed E-state index contributed by atoms with van der Waals surface area (Å²) >= 11 is 0. The number of rotatable bonds is 2. The number of hydrogen-bond acceptors (Lipinski definition) is 4. The Hall–Kier alpha value is -1.93. The first-order valence-electron chi connectivity index (χ1n) is 7.48. The van der Waals surface area contributed by atoms with E-state index in [4.69, 9.17) is 4.74 Å². The molecule has 0 saturated carbocycles. The van der Waals surface area contributed by atoms with Crippen LogP contribution in [0.2, 0.25) is 0 Å². The summed E-state index contributed by atoms with van der Waals surface area (Å²) in [5, 5.41) is 8.02. The molecule has 0 bridgehead atoms. The zero-order valence-electron chi connectivity index (χ0n) is 12.3. The Labute approximate surface area is 130 Å². The number of benzene rings is 1. The fourth-order valence-corrected chi connectivity index (χ4v) is 3.35. The standard InChI is InChI=1S/C15H15F3N4O/c16-11-3-9(4-12(17)15(11)18)6-21-2-1-14-13(7-21)22-10(8-23-14)5-19-20-22/h3-5,13-14H,1-2,6-8H2/t13-,14+/m1/s1. The number of fused-ring (bicyclic) bond motifs is 3. The van der Waals surface area contributed by atoms with Gasteiger partial charge in [-0.2, -0.15) is 0 Å². The molecular weight excluding hydrogens is 309 g/mol. The van der Waals surface area contributed by atoms with Crippen LogP contribution in [0.5, 0.6) is 0 Å². The van der Waals surface area contributed by atoms with E-state index >= 15 is 0 Å². The van der Waals surface area contributed by atoms with Gasteiger partial charge in [-0.25, -0.2) is 17.9 Å². The van der Waals surface area contributed by atoms with Gasteiger partial charge in [0.05, 0.1) is 30.6 Å². The van der Waals surface area contributed by atoms with E-state index in [2.05, 4.69) is 15.2 Å². The van der Waals surface area contributed by atoms with E-state index in [0.717, 1.165) is 30.8 Å². The molecule has 4 rings (SSSR count). The van der Waals surface area contributed by atoms with Crippen LogP contribution in [-0.4, -0.2) is 39.1 Å². The molecule has 1 aromatic carbocycles. The van der Waals surface area contributed by atoms with Crippen LogP contribution in [0.3, 0.4) is 0 Å². The Morgan fingerprint density at radius 1 is 1.22 bits per heavy atom. The van der Waals surface area contributed by atoms with Gasteiger partial charge in [0.2, 0.25) is 0 Å². The highest BCUT2D eigenvalue weighted by Gasteiger charge is 2.36. The number of piperidine rings is 1. The van der Waals surface area contributed by atoms with E-state index in [0.29, 0.717) is 25.3 Å². The first-order chi connectivity index (χ1) is 11.1. The maximum atomic E-state index is 13.3. The summed E-state index contributed by atoms with van der Waals surface area (Å²) in [5.41, 5.74) is 1.34. The zero-order chi connectivity index (χ0) is 16.0. The molecule has 2 aliphatic rings. The molecule has 0 amide bonds. The Balaban J connectivity index is 1.52. The minimum Gasteiger partial charge on any atom is -0.370 e. The number of halogens is 3. The monoisotopic (exact) mass is 324 g/mol. The SMILES string of the molecule is Fc1cc(CN2CC[C@@H]3OCc4cnnn4[C@@H]3C2)cc(F)c1F. The van der Waals surface area contributed by atoms with E-state index in [1.807, 2.05) is 4.68 Å². The molecule has 0 aliphatic carbocycles. The minimum absolute atomic E-state index is 0.0325. The van der Waals surface area contributed by atoms with Crippen LogP contribution in [0.4, 0.5) is 13.2 Å². The van der Waals surface area contributed by atoms with E-state index in [1.54, 1.807) is 6.20 Å². The molecule has 1 saturated heterocycles. The lowest BCUT2D eigenvalue weighted by atomic mass is 10.00. The lowest BCUT2D eigenvalue weighted by molar-refractivity contribution is -0.0670. The van der Waals surface area contributed by atoms with Crippen LogP contribution >= 0.6 is 0 Å². The predicted octanol–water partition coefficient (Wildman–Crippen LogP) is 2.04. The van der Waals surface area contributed by atoms with Gasteiger partial charge in [0.1, 0.15) is 0 Å². The molecule has 2 atom stereocenters. The maximum Gasteiger partial charge on any atom is 0.194 e. The van der Waals surface area contributed by atoms with E-state index in [-0.39, 0.29) is 12.1 Å². The third-order valence-electron chi connectivity index (χ3n) is 4.46. The van der Waals surface area contributed by atoms with Gasteiger partial charge in [0.15, 0.2) is 17.5 Å². The van der Waals surface area contributed by atoms with Crippen molar-refractivity contribution in [1.82, 2.24) is 19.9 Å². The number of aromatic nitrogens is 3. The van der Waals surface area contributed by atoms with Gasteiger partial charge in [0, 0.05) is 19.6 Å². The third kappa shape index (κ3) is 2.61. The molecule has 0 spiro atoms. The molecule has 2 aliphatic heterocycles. The van der Waals surface area contributed by atoms with Gasteiger partial charge >= 0.3 is 0 Å². The summed E-state index contributed by atoms with van der Waals surface area (Å²) in [7, 11) is 0. The largest absolute Gasteiger partial charge is 0.370 e. The van der Waals surface area contributed by atoms with Crippen LogP contribution in [-0.2, 0) is 17.9 Å². The fraction of sp³-hybridized carbons (Fsp3) is 0.467. The topological polar surface area (TPSA) is 43.2 Å². The average molecular weight is 324 g/mol. The van der Waals surface area contributed by atoms with Crippen molar-refractivity contribution in [1.29, 1.82) is 0 Å². The highest BCUT2D eigenvalue weighted by atomic mass is 19.2. The number of hydrogen-bond donors (Lipinski definition) is 0. The van der Waals surface area contributed by atoms with Crippen molar-refractivity contribution >= 4 is 0 Å². The summed E-state index contributed by atoms with van der Waals surface area (Å²) in [4.78, 5) is 2.06. The van der Waals surface area contributed by atoms with Gasteiger partial charge in [-0.3, -0.25) is 4.90 Å². The normalized spacial score (nSPS) is 24.3. The highest BCUT2D eigenvalue weighted by Crippen LogP contribution is 2.30. The second-order valence-electron chi connectivity index (χ2n) is 5.98. The van der Waals surface area contributed by atoms with Gasteiger partial charge < -0.3 is 4.74 Å². The van der Waals surface area contributed by atoms with Gasteiger partial charge in [-0.05, 0) is 24.1 Å². The van der Waals surface area contributed by atoms with Crippen LogP contribution in [0, 0.1) is 17.5 Å². The van der Waals surface area contributed by atoms with E-state index in [9.17, 15) is 13.2 Å². The van der Waals surface area contributed by atoms with Gasteiger partial charge in [-0.1, -0.05) is 5.21 Å². The molecule has 1 aromatic heterocycles. The van der Waals surface area contributed by atoms with Gasteiger partial charge in [0.25, 0.3) is 0 Å². The zero-order valence-corrected chi connectivity index (χ0v) is 12.3. The Bertz CT molecular complexity index is 712. The molecule has 2 aromatic rings. The molecule has 23 heavy (non-hydrogen) atoms. The quantitative estimate of drug-likeness (QED) is 0.793. The van der Waals surface area contributed by atoms with E-state index < -0.39 is 17.5 Å². The van der Waals surface area contributed by atoms with Crippen molar-refractivity contribution in [2.75, 3.05) is 13.1 Å². The summed E-state index contributed by atoms with van der Waals surface area (Å²) in [6.07, 6.45) is 2.55. The molecule has 1 fully saturated rings. The lowest BCUT2D eigenvalue weighted by Gasteiger charge is -2.41. The van der Waals surface area contributed by atoms with Crippen LogP contribution in [0.25, 0.3) is 0 Å². The van der Waals surface area contributed by atoms with Crippen molar-refractivity contribution in [2.24, 2.45) is 0 Å². The highest BCUT2D eigenvalue weighted by molar-refractivity contribution is 5.19. The van der Waals surface area contributed by atoms with Crippen molar-refractivity contribution in [3.05, 3.63) is 47.0 Å². The van der Waals surface area contributed by atoms with Crippen LogP contribution in [0.15, 0.2) is 18.3 Å². The van der Waals surface area contributed by atoms with E-state index in [1.165, 1.54) is 0 Å². The second-order valence-corrected chi connectivity index (χ2v) is 5.98. The first kappa shape index (κ1) is 14.6. The van der Waals surface area contributed by atoms with Crippen LogP contribution < -0.4 is 0 Å². The molecule has 0 N–H and O–H groups in total. The Kier molecular flexibility index (Phi) is 3.57.